The Labute approximate surface area is 186 Å². The van der Waals surface area contributed by atoms with Crippen LogP contribution in [-0.2, 0) is 14.3 Å². The highest BCUT2D eigenvalue weighted by atomic mass is 32.2. The van der Waals surface area contributed by atoms with Gasteiger partial charge in [0, 0.05) is 6.04 Å². The first-order valence-electron chi connectivity index (χ1n) is 10.2. The van der Waals surface area contributed by atoms with E-state index >= 15 is 0 Å². The molecule has 1 aliphatic heterocycles. The number of benzene rings is 1. The summed E-state index contributed by atoms with van der Waals surface area (Å²) in [4.78, 5) is 27.0. The second-order valence-corrected chi connectivity index (χ2v) is 9.26. The molecule has 1 aromatic rings. The number of hydrogen-bond donors (Lipinski definition) is 0. The van der Waals surface area contributed by atoms with Crippen LogP contribution >= 0.6 is 24.0 Å². The van der Waals surface area contributed by atoms with E-state index in [0.717, 1.165) is 31.2 Å². The lowest BCUT2D eigenvalue weighted by Crippen LogP contribution is -2.39. The lowest BCUT2D eigenvalue weighted by atomic mass is 9.94. The molecule has 0 N–H and O–H groups in total. The van der Waals surface area contributed by atoms with Gasteiger partial charge in [-0.25, -0.2) is 4.79 Å². The Morgan fingerprint density at radius 2 is 2.00 bits per heavy atom. The van der Waals surface area contributed by atoms with Gasteiger partial charge in [-0.15, -0.1) is 0 Å². The van der Waals surface area contributed by atoms with Crippen molar-refractivity contribution in [1.82, 2.24) is 4.90 Å². The van der Waals surface area contributed by atoms with Crippen molar-refractivity contribution in [2.45, 2.75) is 58.1 Å². The summed E-state index contributed by atoms with van der Waals surface area (Å²) in [5.41, 5.74) is 0.799. The summed E-state index contributed by atoms with van der Waals surface area (Å²) in [7, 11) is 1.53. The Kier molecular flexibility index (Phi) is 7.77. The maximum absolute atomic E-state index is 12.9. The smallest absolute Gasteiger partial charge is 0.344 e. The molecule has 3 rings (SSSR count). The van der Waals surface area contributed by atoms with E-state index < -0.39 is 5.97 Å². The number of nitrogens with zero attached hydrogens (tertiary/aromatic N) is 1. The lowest BCUT2D eigenvalue weighted by Gasteiger charge is -2.29. The Balaban J connectivity index is 1.71. The molecule has 0 atom stereocenters. The average Bonchev–Trinajstić information content (AvgIpc) is 3.00. The molecule has 1 saturated carbocycles. The molecule has 1 aliphatic carbocycles. The van der Waals surface area contributed by atoms with Gasteiger partial charge in [-0.1, -0.05) is 49.3 Å². The summed E-state index contributed by atoms with van der Waals surface area (Å²) in [6.07, 6.45) is 7.16. The van der Waals surface area contributed by atoms with Crippen molar-refractivity contribution < 1.29 is 23.8 Å². The molecule has 1 saturated heterocycles. The molecular weight excluding hydrogens is 422 g/mol. The van der Waals surface area contributed by atoms with Gasteiger partial charge >= 0.3 is 5.97 Å². The zero-order valence-electron chi connectivity index (χ0n) is 17.5. The molecule has 30 heavy (non-hydrogen) atoms. The van der Waals surface area contributed by atoms with Crippen LogP contribution in [0, 0.1) is 0 Å². The summed E-state index contributed by atoms with van der Waals surface area (Å²) < 4.78 is 16.6. The fourth-order valence-corrected chi connectivity index (χ4v) is 5.01. The summed E-state index contributed by atoms with van der Waals surface area (Å²) in [6.45, 7) is 3.36. The van der Waals surface area contributed by atoms with Crippen LogP contribution < -0.4 is 9.47 Å². The lowest BCUT2D eigenvalue weighted by molar-refractivity contribution is -0.149. The first-order valence-corrected chi connectivity index (χ1v) is 11.4. The average molecular weight is 450 g/mol. The number of ether oxygens (including phenoxy) is 3. The number of hydrogen-bond acceptors (Lipinski definition) is 7. The van der Waals surface area contributed by atoms with E-state index in [2.05, 4.69) is 0 Å². The van der Waals surface area contributed by atoms with Gasteiger partial charge in [0.25, 0.3) is 5.91 Å². The molecule has 8 heteroatoms. The normalized spacial score (nSPS) is 18.9. The molecule has 0 unspecified atom stereocenters. The van der Waals surface area contributed by atoms with Crippen LogP contribution in [0.15, 0.2) is 23.1 Å². The van der Waals surface area contributed by atoms with Crippen molar-refractivity contribution in [2.24, 2.45) is 0 Å². The van der Waals surface area contributed by atoms with Gasteiger partial charge in [0.05, 0.1) is 18.1 Å². The molecule has 0 aromatic heterocycles. The van der Waals surface area contributed by atoms with Crippen LogP contribution in [0.1, 0.15) is 51.5 Å². The number of esters is 1. The minimum absolute atomic E-state index is 0.0207. The van der Waals surface area contributed by atoms with Crippen molar-refractivity contribution in [2.75, 3.05) is 13.7 Å². The van der Waals surface area contributed by atoms with Crippen molar-refractivity contribution in [3.8, 4) is 11.5 Å². The second kappa shape index (κ2) is 10.3. The van der Waals surface area contributed by atoms with E-state index in [1.807, 2.05) is 12.1 Å². The Hall–Kier alpha value is -2.06. The highest BCUT2D eigenvalue weighted by Crippen LogP contribution is 2.38. The van der Waals surface area contributed by atoms with Crippen LogP contribution in [0.4, 0.5) is 0 Å². The molecule has 6 nitrogen and oxygen atoms in total. The third-order valence-electron chi connectivity index (χ3n) is 4.96. The van der Waals surface area contributed by atoms with Gasteiger partial charge in [-0.2, -0.15) is 0 Å². The molecule has 0 radical (unpaired) electrons. The highest BCUT2D eigenvalue weighted by Gasteiger charge is 2.37. The quantitative estimate of drug-likeness (QED) is 0.343. The van der Waals surface area contributed by atoms with Gasteiger partial charge in [-0.3, -0.25) is 9.69 Å². The zero-order chi connectivity index (χ0) is 21.7. The number of thiocarbonyl (C=S) groups is 1. The van der Waals surface area contributed by atoms with Crippen LogP contribution in [0.25, 0.3) is 6.08 Å². The van der Waals surface area contributed by atoms with Crippen molar-refractivity contribution in [1.29, 1.82) is 0 Å². The summed E-state index contributed by atoms with van der Waals surface area (Å²) in [5, 5.41) is 0. The molecule has 162 valence electrons. The van der Waals surface area contributed by atoms with Crippen LogP contribution in [0.2, 0.25) is 0 Å². The first-order chi connectivity index (χ1) is 14.4. The van der Waals surface area contributed by atoms with Gasteiger partial charge in [-0.05, 0) is 50.5 Å². The molecule has 0 spiro atoms. The predicted molar refractivity (Wildman–Crippen MR) is 122 cm³/mol. The molecule has 1 aromatic carbocycles. The third-order valence-corrected chi connectivity index (χ3v) is 6.29. The monoisotopic (exact) mass is 449 g/mol. The van der Waals surface area contributed by atoms with E-state index in [1.54, 1.807) is 30.9 Å². The fourth-order valence-electron chi connectivity index (χ4n) is 3.61. The summed E-state index contributed by atoms with van der Waals surface area (Å²) in [5.74, 6) is 0.448. The molecule has 1 amide bonds. The number of amides is 1. The number of thioether (sulfide) groups is 1. The largest absolute Gasteiger partial charge is 0.493 e. The SMILES string of the molecule is COc1cc(/C=C2/SC(=S)N(C3CCCCC3)C2=O)ccc1OCC(=O)OC(C)C. The maximum atomic E-state index is 12.9. The van der Waals surface area contributed by atoms with Crippen LogP contribution in [0.5, 0.6) is 11.5 Å². The maximum Gasteiger partial charge on any atom is 0.344 e. The van der Waals surface area contributed by atoms with Crippen LogP contribution in [-0.4, -0.2) is 47.0 Å². The molecule has 2 fully saturated rings. The number of rotatable bonds is 7. The second-order valence-electron chi connectivity index (χ2n) is 7.58. The van der Waals surface area contributed by atoms with Gasteiger partial charge < -0.3 is 14.2 Å². The van der Waals surface area contributed by atoms with E-state index in [0.29, 0.717) is 20.7 Å². The standard InChI is InChI=1S/C22H27NO5S2/c1-14(2)28-20(24)13-27-17-10-9-15(11-18(17)26-3)12-19-21(25)23(22(29)30-19)16-7-5-4-6-8-16/h9-12,14,16H,4-8,13H2,1-3H3/b19-12+. The summed E-state index contributed by atoms with van der Waals surface area (Å²) in [6, 6.07) is 5.53. The van der Waals surface area contributed by atoms with Gasteiger partial charge in [0.2, 0.25) is 0 Å². The fraction of sp³-hybridized carbons (Fsp3) is 0.500. The molecular formula is C22H27NO5S2. The van der Waals surface area contributed by atoms with E-state index in [9.17, 15) is 9.59 Å². The number of methoxy groups -OCH3 is 1. The molecule has 1 heterocycles. The summed E-state index contributed by atoms with van der Waals surface area (Å²) >= 11 is 6.83. The first kappa shape index (κ1) is 22.6. The van der Waals surface area contributed by atoms with E-state index in [-0.39, 0.29) is 24.7 Å². The molecule has 0 bridgehead atoms. The highest BCUT2D eigenvalue weighted by molar-refractivity contribution is 8.26. The number of carbonyl (C=O) groups excluding carboxylic acids is 2. The Morgan fingerprint density at radius 1 is 1.27 bits per heavy atom. The van der Waals surface area contributed by atoms with Crippen molar-refractivity contribution in [3.63, 3.8) is 0 Å². The van der Waals surface area contributed by atoms with Gasteiger partial charge in [0.15, 0.2) is 18.1 Å². The van der Waals surface area contributed by atoms with E-state index in [1.165, 1.54) is 25.3 Å². The van der Waals surface area contributed by atoms with Crippen molar-refractivity contribution in [3.05, 3.63) is 28.7 Å². The van der Waals surface area contributed by atoms with Gasteiger partial charge in [0.1, 0.15) is 4.32 Å². The molecule has 2 aliphatic rings. The topological polar surface area (TPSA) is 65.1 Å². The minimum Gasteiger partial charge on any atom is -0.493 e. The predicted octanol–water partition coefficient (Wildman–Crippen LogP) is 4.56. The number of carbonyl (C=O) groups is 2. The zero-order valence-corrected chi connectivity index (χ0v) is 19.1. The van der Waals surface area contributed by atoms with Crippen molar-refractivity contribution >= 4 is 46.3 Å². The van der Waals surface area contributed by atoms with E-state index in [4.69, 9.17) is 26.4 Å². The Morgan fingerprint density at radius 3 is 2.67 bits per heavy atom. The van der Waals surface area contributed by atoms with Crippen LogP contribution in [0.3, 0.4) is 0 Å². The Bertz CT molecular complexity index is 846. The minimum atomic E-state index is -0.442. The third kappa shape index (κ3) is 5.55.